The van der Waals surface area contributed by atoms with Crippen molar-refractivity contribution in [3.63, 3.8) is 0 Å². The lowest BCUT2D eigenvalue weighted by Gasteiger charge is -2.25. The van der Waals surface area contributed by atoms with E-state index < -0.39 is 12.0 Å². The maximum Gasteiger partial charge on any atom is 0.337 e. The highest BCUT2D eigenvalue weighted by atomic mass is 35.5. The number of hydrogen-bond acceptors (Lipinski definition) is 2. The number of benzene rings is 1. The van der Waals surface area contributed by atoms with Crippen LogP contribution < -0.4 is 10.6 Å². The van der Waals surface area contributed by atoms with Crippen LogP contribution in [0.4, 0.5) is 10.5 Å². The molecule has 1 saturated carbocycles. The highest BCUT2D eigenvalue weighted by molar-refractivity contribution is 6.31. The number of halogens is 1. The minimum absolute atomic E-state index is 0.0219. The van der Waals surface area contributed by atoms with E-state index in [1.807, 2.05) is 0 Å². The number of carboxylic acids is 1. The lowest BCUT2D eigenvalue weighted by Crippen LogP contribution is -2.35. The Hall–Kier alpha value is -1.75. The molecule has 0 aromatic heterocycles. The smallest absolute Gasteiger partial charge is 0.337 e. The predicted molar refractivity (Wildman–Crippen MR) is 72.8 cm³/mol. The molecular weight excluding hydrogens is 268 g/mol. The second-order valence-electron chi connectivity index (χ2n) is 4.63. The molecule has 1 aliphatic rings. The van der Waals surface area contributed by atoms with E-state index in [2.05, 4.69) is 10.6 Å². The second-order valence-corrected chi connectivity index (χ2v) is 5.06. The Bertz CT molecular complexity index is 501. The van der Waals surface area contributed by atoms with Gasteiger partial charge >= 0.3 is 12.0 Å². The number of rotatable bonds is 4. The molecule has 0 heterocycles. The third kappa shape index (κ3) is 3.61. The molecule has 1 aromatic rings. The molecule has 1 aromatic carbocycles. The first kappa shape index (κ1) is 13.7. The number of hydrogen-bond donors (Lipinski definition) is 3. The van der Waals surface area contributed by atoms with Crippen LogP contribution in [0.25, 0.3) is 0 Å². The van der Waals surface area contributed by atoms with Gasteiger partial charge in [-0.3, -0.25) is 0 Å². The predicted octanol–water partition coefficient (Wildman–Crippen LogP) is 2.96. The van der Waals surface area contributed by atoms with Crippen LogP contribution in [-0.4, -0.2) is 23.7 Å². The quantitative estimate of drug-likeness (QED) is 0.794. The first-order chi connectivity index (χ1) is 9.06. The van der Waals surface area contributed by atoms with E-state index >= 15 is 0 Å². The standard InChI is InChI=1S/C13H15ClN2O3/c14-9-4-5-11(10(6-9)12(17)18)16-13(19)15-7-8-2-1-3-8/h4-6,8H,1-3,7H2,(H,17,18)(H2,15,16,19). The van der Waals surface area contributed by atoms with E-state index in [4.69, 9.17) is 16.7 Å². The first-order valence-corrected chi connectivity index (χ1v) is 6.52. The van der Waals surface area contributed by atoms with Gasteiger partial charge in [0.25, 0.3) is 0 Å². The monoisotopic (exact) mass is 282 g/mol. The fraction of sp³-hybridized carbons (Fsp3) is 0.385. The molecule has 0 atom stereocenters. The van der Waals surface area contributed by atoms with Crippen LogP contribution in [0.3, 0.4) is 0 Å². The van der Waals surface area contributed by atoms with Crippen molar-refractivity contribution in [3.05, 3.63) is 28.8 Å². The molecule has 5 nitrogen and oxygen atoms in total. The summed E-state index contributed by atoms with van der Waals surface area (Å²) in [6.07, 6.45) is 3.50. The van der Waals surface area contributed by atoms with Crippen LogP contribution >= 0.6 is 11.6 Å². The van der Waals surface area contributed by atoms with Gasteiger partial charge in [0, 0.05) is 11.6 Å². The summed E-state index contributed by atoms with van der Waals surface area (Å²) in [7, 11) is 0. The van der Waals surface area contributed by atoms with Crippen molar-refractivity contribution in [2.45, 2.75) is 19.3 Å². The van der Waals surface area contributed by atoms with Crippen LogP contribution in [0, 0.1) is 5.92 Å². The van der Waals surface area contributed by atoms with E-state index in [1.54, 1.807) is 0 Å². The van der Waals surface area contributed by atoms with Gasteiger partial charge in [-0.15, -0.1) is 0 Å². The molecular formula is C13H15ClN2O3. The first-order valence-electron chi connectivity index (χ1n) is 6.14. The summed E-state index contributed by atoms with van der Waals surface area (Å²) in [4.78, 5) is 22.7. The fourth-order valence-electron chi connectivity index (χ4n) is 1.90. The van der Waals surface area contributed by atoms with Crippen LogP contribution in [0.1, 0.15) is 29.6 Å². The summed E-state index contributed by atoms with van der Waals surface area (Å²) in [5.74, 6) is -0.577. The topological polar surface area (TPSA) is 78.4 Å². The zero-order valence-corrected chi connectivity index (χ0v) is 11.0. The molecule has 2 amide bonds. The number of aromatic carboxylic acids is 1. The van der Waals surface area contributed by atoms with E-state index in [9.17, 15) is 9.59 Å². The number of amides is 2. The number of carboxylic acid groups (broad SMARTS) is 1. The average molecular weight is 283 g/mol. The summed E-state index contributed by atoms with van der Waals surface area (Å²) in [6, 6.07) is 3.94. The minimum atomic E-state index is -1.13. The van der Waals surface area contributed by atoms with Crippen LogP contribution in [0.5, 0.6) is 0 Å². The molecule has 0 bridgehead atoms. The summed E-state index contributed by atoms with van der Waals surface area (Å²) in [6.45, 7) is 0.627. The number of nitrogens with one attached hydrogen (secondary N) is 2. The third-order valence-corrected chi connectivity index (χ3v) is 3.47. The van der Waals surface area contributed by atoms with Gasteiger partial charge < -0.3 is 15.7 Å². The summed E-state index contributed by atoms with van der Waals surface area (Å²) >= 11 is 5.73. The summed E-state index contributed by atoms with van der Waals surface area (Å²) < 4.78 is 0. The normalized spacial score (nSPS) is 14.6. The lowest BCUT2D eigenvalue weighted by molar-refractivity contribution is 0.0698. The Kier molecular flexibility index (Phi) is 4.27. The summed E-state index contributed by atoms with van der Waals surface area (Å²) in [5, 5.41) is 14.6. The van der Waals surface area contributed by atoms with Crippen molar-refractivity contribution < 1.29 is 14.7 Å². The molecule has 19 heavy (non-hydrogen) atoms. The molecule has 1 fully saturated rings. The van der Waals surface area contributed by atoms with Gasteiger partial charge in [0.2, 0.25) is 0 Å². The Morgan fingerprint density at radius 2 is 2.11 bits per heavy atom. The Morgan fingerprint density at radius 1 is 1.37 bits per heavy atom. The van der Waals surface area contributed by atoms with E-state index in [0.717, 1.165) is 12.8 Å². The van der Waals surface area contributed by atoms with Gasteiger partial charge in [-0.05, 0) is 37.0 Å². The highest BCUT2D eigenvalue weighted by Crippen LogP contribution is 2.25. The van der Waals surface area contributed by atoms with Gasteiger partial charge in [-0.2, -0.15) is 0 Å². The third-order valence-electron chi connectivity index (χ3n) is 3.24. The zero-order chi connectivity index (χ0) is 13.8. The van der Waals surface area contributed by atoms with Gasteiger partial charge in [0.15, 0.2) is 0 Å². The van der Waals surface area contributed by atoms with Crippen molar-refractivity contribution in [1.82, 2.24) is 5.32 Å². The maximum absolute atomic E-state index is 11.7. The SMILES string of the molecule is O=C(NCC1CCC1)Nc1ccc(Cl)cc1C(=O)O. The van der Waals surface area contributed by atoms with E-state index in [1.165, 1.54) is 24.6 Å². The fourth-order valence-corrected chi connectivity index (χ4v) is 2.07. The van der Waals surface area contributed by atoms with Gasteiger partial charge in [-0.1, -0.05) is 18.0 Å². The zero-order valence-electron chi connectivity index (χ0n) is 10.3. The van der Waals surface area contributed by atoms with E-state index in [-0.39, 0.29) is 11.3 Å². The number of carbonyl (C=O) groups is 2. The molecule has 6 heteroatoms. The molecule has 102 valence electrons. The average Bonchev–Trinajstić information content (AvgIpc) is 2.29. The Balaban J connectivity index is 1.97. The van der Waals surface area contributed by atoms with Crippen LogP contribution in [-0.2, 0) is 0 Å². The molecule has 0 spiro atoms. The minimum Gasteiger partial charge on any atom is -0.478 e. The highest BCUT2D eigenvalue weighted by Gasteiger charge is 2.18. The second kappa shape index (κ2) is 5.93. The molecule has 2 rings (SSSR count). The molecule has 1 aliphatic carbocycles. The number of anilines is 1. The Labute approximate surface area is 116 Å². The van der Waals surface area contributed by atoms with Crippen molar-refractivity contribution in [2.75, 3.05) is 11.9 Å². The van der Waals surface area contributed by atoms with Crippen molar-refractivity contribution in [1.29, 1.82) is 0 Å². The largest absolute Gasteiger partial charge is 0.478 e. The number of urea groups is 1. The molecule has 0 aliphatic heterocycles. The maximum atomic E-state index is 11.7. The van der Waals surface area contributed by atoms with E-state index in [0.29, 0.717) is 17.5 Å². The van der Waals surface area contributed by atoms with Gasteiger partial charge in [-0.25, -0.2) is 9.59 Å². The van der Waals surface area contributed by atoms with Crippen LogP contribution in [0.2, 0.25) is 5.02 Å². The van der Waals surface area contributed by atoms with Crippen molar-refractivity contribution in [2.24, 2.45) is 5.92 Å². The Morgan fingerprint density at radius 3 is 2.68 bits per heavy atom. The van der Waals surface area contributed by atoms with Crippen molar-refractivity contribution >= 4 is 29.3 Å². The van der Waals surface area contributed by atoms with Crippen molar-refractivity contribution in [3.8, 4) is 0 Å². The molecule has 0 radical (unpaired) electrons. The molecule has 3 N–H and O–H groups in total. The summed E-state index contributed by atoms with van der Waals surface area (Å²) in [5.41, 5.74) is 0.217. The molecule has 0 saturated heterocycles. The lowest BCUT2D eigenvalue weighted by atomic mass is 9.85. The van der Waals surface area contributed by atoms with Gasteiger partial charge in [0.1, 0.15) is 0 Å². The van der Waals surface area contributed by atoms with Gasteiger partial charge in [0.05, 0.1) is 11.3 Å². The van der Waals surface area contributed by atoms with Crippen LogP contribution in [0.15, 0.2) is 18.2 Å². The molecule has 0 unspecified atom stereocenters. The number of carbonyl (C=O) groups excluding carboxylic acids is 1.